The summed E-state index contributed by atoms with van der Waals surface area (Å²) in [5.74, 6) is -0.958. The molecule has 2 N–H and O–H groups in total. The van der Waals surface area contributed by atoms with Crippen LogP contribution in [0.2, 0.25) is 0 Å². The van der Waals surface area contributed by atoms with E-state index in [4.69, 9.17) is 5.11 Å². The topological polar surface area (TPSA) is 49.3 Å². The fourth-order valence-corrected chi connectivity index (χ4v) is 1.94. The van der Waals surface area contributed by atoms with Crippen LogP contribution in [0.1, 0.15) is 48.9 Å². The molecule has 0 aromatic heterocycles. The Hall–Kier alpha value is -1.72. The molecule has 21 heavy (non-hydrogen) atoms. The van der Waals surface area contributed by atoms with Crippen molar-refractivity contribution >= 4 is 11.7 Å². The van der Waals surface area contributed by atoms with Crippen LogP contribution >= 0.6 is 0 Å². The number of aromatic carboxylic acids is 1. The number of rotatable bonds is 9. The van der Waals surface area contributed by atoms with Gasteiger partial charge in [0.25, 0.3) is 0 Å². The normalized spacial score (nSPS) is 11.4. The van der Waals surface area contributed by atoms with Crippen LogP contribution in [0.15, 0.2) is 24.3 Å². The molecule has 0 radical (unpaired) electrons. The smallest absolute Gasteiger partial charge is 0.389 e. The second-order valence-electron chi connectivity index (χ2n) is 4.94. The van der Waals surface area contributed by atoms with Gasteiger partial charge in [-0.3, -0.25) is 0 Å². The molecule has 3 nitrogen and oxygen atoms in total. The molecule has 118 valence electrons. The van der Waals surface area contributed by atoms with Crippen LogP contribution in [-0.4, -0.2) is 23.8 Å². The fraction of sp³-hybridized carbons (Fsp3) is 0.533. The van der Waals surface area contributed by atoms with Crippen molar-refractivity contribution in [3.05, 3.63) is 29.8 Å². The summed E-state index contributed by atoms with van der Waals surface area (Å²) in [4.78, 5) is 10.7. The number of hydrogen-bond acceptors (Lipinski definition) is 2. The summed E-state index contributed by atoms with van der Waals surface area (Å²) >= 11 is 0. The van der Waals surface area contributed by atoms with Crippen LogP contribution in [0, 0.1) is 0 Å². The van der Waals surface area contributed by atoms with Crippen LogP contribution in [0.5, 0.6) is 0 Å². The maximum absolute atomic E-state index is 11.9. The van der Waals surface area contributed by atoms with Gasteiger partial charge in [0, 0.05) is 18.7 Å². The van der Waals surface area contributed by atoms with E-state index in [1.807, 2.05) is 0 Å². The number of unbranched alkanes of at least 4 members (excludes halogenated alkanes) is 4. The molecule has 1 rings (SSSR count). The van der Waals surface area contributed by atoms with Gasteiger partial charge in [-0.25, -0.2) is 4.79 Å². The lowest BCUT2D eigenvalue weighted by molar-refractivity contribution is -0.135. The Balaban J connectivity index is 2.05. The molecule has 0 saturated carbocycles. The number of hydrogen-bond donors (Lipinski definition) is 2. The van der Waals surface area contributed by atoms with Gasteiger partial charge in [0.2, 0.25) is 0 Å². The molecular formula is C15H20F3NO2. The summed E-state index contributed by atoms with van der Waals surface area (Å²) in [6.45, 7) is 0.728. The Bertz CT molecular complexity index is 430. The summed E-state index contributed by atoms with van der Waals surface area (Å²) in [6, 6.07) is 6.46. The number of anilines is 1. The number of benzene rings is 1. The first kappa shape index (κ1) is 17.3. The number of nitrogens with one attached hydrogen (secondary N) is 1. The molecule has 0 unspecified atom stereocenters. The molecule has 6 heteroatoms. The van der Waals surface area contributed by atoms with Crippen LogP contribution in [-0.2, 0) is 0 Å². The van der Waals surface area contributed by atoms with Crippen LogP contribution < -0.4 is 5.32 Å². The maximum Gasteiger partial charge on any atom is 0.389 e. The van der Waals surface area contributed by atoms with Crippen molar-refractivity contribution in [2.24, 2.45) is 0 Å². The lowest BCUT2D eigenvalue weighted by Crippen LogP contribution is -2.06. The molecule has 0 aliphatic carbocycles. The zero-order valence-corrected chi connectivity index (χ0v) is 11.7. The number of halogens is 3. The van der Waals surface area contributed by atoms with Gasteiger partial charge in [-0.1, -0.05) is 19.3 Å². The number of carboxylic acids is 1. The van der Waals surface area contributed by atoms with E-state index in [0.717, 1.165) is 31.5 Å². The van der Waals surface area contributed by atoms with Crippen molar-refractivity contribution in [1.82, 2.24) is 0 Å². The van der Waals surface area contributed by atoms with Crippen molar-refractivity contribution in [1.29, 1.82) is 0 Å². The minimum absolute atomic E-state index is 0.202. The van der Waals surface area contributed by atoms with E-state index in [9.17, 15) is 18.0 Å². The van der Waals surface area contributed by atoms with Crippen LogP contribution in [0.3, 0.4) is 0 Å². The highest BCUT2D eigenvalue weighted by molar-refractivity contribution is 5.87. The molecular weight excluding hydrogens is 283 g/mol. The molecule has 0 fully saturated rings. The zero-order valence-electron chi connectivity index (χ0n) is 11.7. The SMILES string of the molecule is O=C(O)c1ccc(NCCCCCCCC(F)(F)F)cc1. The van der Waals surface area contributed by atoms with E-state index in [2.05, 4.69) is 5.32 Å². The van der Waals surface area contributed by atoms with E-state index in [1.54, 1.807) is 12.1 Å². The van der Waals surface area contributed by atoms with Gasteiger partial charge in [0.15, 0.2) is 0 Å². The molecule has 0 bridgehead atoms. The van der Waals surface area contributed by atoms with Crippen molar-refractivity contribution in [3.63, 3.8) is 0 Å². The van der Waals surface area contributed by atoms with E-state index in [1.165, 1.54) is 12.1 Å². The Labute approximate surface area is 122 Å². The molecule has 0 amide bonds. The third kappa shape index (κ3) is 8.22. The molecule has 1 aromatic carbocycles. The Kier molecular flexibility index (Phi) is 7.05. The van der Waals surface area contributed by atoms with Crippen molar-refractivity contribution in [2.75, 3.05) is 11.9 Å². The van der Waals surface area contributed by atoms with Crippen LogP contribution in [0.4, 0.5) is 18.9 Å². The number of carboxylic acid groups (broad SMARTS) is 1. The summed E-state index contributed by atoms with van der Waals surface area (Å²) < 4.78 is 35.7. The summed E-state index contributed by atoms with van der Waals surface area (Å²) in [6.07, 6.45) is -1.36. The largest absolute Gasteiger partial charge is 0.478 e. The highest BCUT2D eigenvalue weighted by Crippen LogP contribution is 2.23. The molecule has 1 aromatic rings. The van der Waals surface area contributed by atoms with Gasteiger partial charge in [-0.15, -0.1) is 0 Å². The van der Waals surface area contributed by atoms with Crippen LogP contribution in [0.25, 0.3) is 0 Å². The molecule has 0 spiro atoms. The van der Waals surface area contributed by atoms with Crippen molar-refractivity contribution in [3.8, 4) is 0 Å². The van der Waals surface area contributed by atoms with Crippen molar-refractivity contribution in [2.45, 2.75) is 44.7 Å². The van der Waals surface area contributed by atoms with E-state index in [-0.39, 0.29) is 12.0 Å². The van der Waals surface area contributed by atoms with Crippen molar-refractivity contribution < 1.29 is 23.1 Å². The molecule has 0 aliphatic rings. The molecule has 0 saturated heterocycles. The fourth-order valence-electron chi connectivity index (χ4n) is 1.94. The lowest BCUT2D eigenvalue weighted by atomic mass is 10.1. The minimum Gasteiger partial charge on any atom is -0.478 e. The average molecular weight is 303 g/mol. The van der Waals surface area contributed by atoms with Gasteiger partial charge >= 0.3 is 12.1 Å². The first-order valence-electron chi connectivity index (χ1n) is 7.02. The Morgan fingerprint density at radius 3 is 2.14 bits per heavy atom. The minimum atomic E-state index is -4.04. The molecule has 0 atom stereocenters. The maximum atomic E-state index is 11.9. The standard InChI is InChI=1S/C15H20F3NO2/c16-15(17,18)10-4-2-1-3-5-11-19-13-8-6-12(7-9-13)14(20)21/h6-9,19H,1-5,10-11H2,(H,20,21). The number of carbonyl (C=O) groups is 1. The highest BCUT2D eigenvalue weighted by Gasteiger charge is 2.25. The monoisotopic (exact) mass is 303 g/mol. The summed E-state index contributed by atoms with van der Waals surface area (Å²) in [5, 5.41) is 11.9. The first-order chi connectivity index (χ1) is 9.88. The first-order valence-corrected chi connectivity index (χ1v) is 7.02. The quantitative estimate of drug-likeness (QED) is 0.650. The third-order valence-corrected chi connectivity index (χ3v) is 3.10. The predicted octanol–water partition coefficient (Wildman–Crippen LogP) is 4.70. The van der Waals surface area contributed by atoms with Gasteiger partial charge in [-0.05, 0) is 37.1 Å². The van der Waals surface area contributed by atoms with Gasteiger partial charge in [0.1, 0.15) is 0 Å². The molecule has 0 heterocycles. The van der Waals surface area contributed by atoms with E-state index >= 15 is 0 Å². The molecule has 0 aliphatic heterocycles. The predicted molar refractivity (Wildman–Crippen MR) is 75.6 cm³/mol. The Morgan fingerprint density at radius 1 is 1.00 bits per heavy atom. The Morgan fingerprint density at radius 2 is 1.57 bits per heavy atom. The second kappa shape index (κ2) is 8.54. The summed E-state index contributed by atoms with van der Waals surface area (Å²) in [7, 11) is 0. The van der Waals surface area contributed by atoms with E-state index in [0.29, 0.717) is 6.42 Å². The van der Waals surface area contributed by atoms with Gasteiger partial charge < -0.3 is 10.4 Å². The van der Waals surface area contributed by atoms with Gasteiger partial charge in [-0.2, -0.15) is 13.2 Å². The zero-order chi connectivity index (χ0) is 15.7. The highest BCUT2D eigenvalue weighted by atomic mass is 19.4. The third-order valence-electron chi connectivity index (χ3n) is 3.10. The number of alkyl halides is 3. The summed E-state index contributed by atoms with van der Waals surface area (Å²) in [5.41, 5.74) is 1.09. The lowest BCUT2D eigenvalue weighted by Gasteiger charge is -2.07. The average Bonchev–Trinajstić information content (AvgIpc) is 2.41. The second-order valence-corrected chi connectivity index (χ2v) is 4.94. The van der Waals surface area contributed by atoms with Gasteiger partial charge in [0.05, 0.1) is 5.56 Å². The van der Waals surface area contributed by atoms with E-state index < -0.39 is 18.6 Å².